The van der Waals surface area contributed by atoms with Gasteiger partial charge in [0.1, 0.15) is 0 Å². The van der Waals surface area contributed by atoms with E-state index in [-0.39, 0.29) is 17.9 Å². The van der Waals surface area contributed by atoms with Gasteiger partial charge in [-0.15, -0.1) is 5.10 Å². The van der Waals surface area contributed by atoms with Gasteiger partial charge in [-0.3, -0.25) is 9.59 Å². The third-order valence-electron chi connectivity index (χ3n) is 5.75. The average Bonchev–Trinajstić information content (AvgIpc) is 3.30. The van der Waals surface area contributed by atoms with Crippen LogP contribution in [0, 0.1) is 6.92 Å². The van der Waals surface area contributed by atoms with Gasteiger partial charge in [0.25, 0.3) is 11.8 Å². The van der Waals surface area contributed by atoms with Crippen LogP contribution in [0.5, 0.6) is 0 Å². The molecule has 166 valence electrons. The number of hydrogen-bond donors (Lipinski definition) is 1. The third kappa shape index (κ3) is 4.80. The Labute approximate surface area is 187 Å². The topological polar surface area (TPSA) is 83.4 Å². The number of rotatable bonds is 5. The Bertz CT molecular complexity index is 1100. The summed E-state index contributed by atoms with van der Waals surface area (Å²) in [6.07, 6.45) is 3.08. The molecule has 2 aromatic carbocycles. The van der Waals surface area contributed by atoms with Gasteiger partial charge in [0.05, 0.1) is 11.9 Å². The zero-order valence-corrected chi connectivity index (χ0v) is 18.7. The maximum atomic E-state index is 12.9. The molecular weight excluding hydrogens is 404 g/mol. The zero-order chi connectivity index (χ0) is 22.7. The van der Waals surface area contributed by atoms with Crippen LogP contribution in [0.4, 0.5) is 5.69 Å². The number of carbonyl (C=O) groups is 2. The van der Waals surface area contributed by atoms with Gasteiger partial charge in [0, 0.05) is 44.5 Å². The molecule has 1 N–H and O–H groups in total. The summed E-state index contributed by atoms with van der Waals surface area (Å²) in [5.41, 5.74) is 3.97. The predicted molar refractivity (Wildman–Crippen MR) is 123 cm³/mol. The Kier molecular flexibility index (Phi) is 6.20. The Morgan fingerprint density at radius 1 is 1.06 bits per heavy atom. The summed E-state index contributed by atoms with van der Waals surface area (Å²) in [6, 6.07) is 15.5. The number of amides is 2. The van der Waals surface area contributed by atoms with Crippen molar-refractivity contribution >= 4 is 17.5 Å². The van der Waals surface area contributed by atoms with Gasteiger partial charge in [-0.05, 0) is 50.1 Å². The number of anilines is 1. The van der Waals surface area contributed by atoms with E-state index < -0.39 is 0 Å². The van der Waals surface area contributed by atoms with E-state index in [0.717, 1.165) is 16.9 Å². The summed E-state index contributed by atoms with van der Waals surface area (Å²) in [5, 5.41) is 11.3. The molecule has 4 rings (SSSR count). The number of nitrogens with zero attached hydrogens (tertiary/aromatic N) is 5. The fraction of sp³-hybridized carbons (Fsp3) is 0.333. The van der Waals surface area contributed by atoms with Crippen molar-refractivity contribution < 1.29 is 9.59 Å². The van der Waals surface area contributed by atoms with Crippen molar-refractivity contribution in [1.29, 1.82) is 0 Å². The number of aryl methyl sites for hydroxylation is 1. The van der Waals surface area contributed by atoms with Crippen molar-refractivity contribution in [3.05, 3.63) is 71.5 Å². The summed E-state index contributed by atoms with van der Waals surface area (Å²) < 4.78 is 1.61. The van der Waals surface area contributed by atoms with E-state index in [9.17, 15) is 9.59 Å². The van der Waals surface area contributed by atoms with E-state index in [1.54, 1.807) is 15.8 Å². The minimum absolute atomic E-state index is 0.0396. The number of aromatic nitrogens is 3. The lowest BCUT2D eigenvalue weighted by Crippen LogP contribution is -2.46. The SMILES string of the molecule is Cc1ccc(-n2cc(C(=O)N3CCC(NC(=O)c4cccc(N(C)C)c4)CC3)nn2)cc1. The Morgan fingerprint density at radius 2 is 1.78 bits per heavy atom. The van der Waals surface area contributed by atoms with Gasteiger partial charge < -0.3 is 15.1 Å². The highest BCUT2D eigenvalue weighted by Crippen LogP contribution is 2.17. The molecule has 1 aromatic heterocycles. The van der Waals surface area contributed by atoms with Crippen molar-refractivity contribution in [3.8, 4) is 5.69 Å². The highest BCUT2D eigenvalue weighted by atomic mass is 16.2. The molecule has 1 saturated heterocycles. The van der Waals surface area contributed by atoms with E-state index in [0.29, 0.717) is 37.2 Å². The first-order valence-corrected chi connectivity index (χ1v) is 10.8. The standard InChI is InChI=1S/C24H28N6O2/c1-17-7-9-20(10-8-17)30-16-22(26-27-30)24(32)29-13-11-19(12-14-29)25-23(31)18-5-4-6-21(15-18)28(2)3/h4-10,15-16,19H,11-14H2,1-3H3,(H,25,31). The molecule has 1 fully saturated rings. The molecule has 1 aliphatic heterocycles. The minimum atomic E-state index is -0.133. The lowest BCUT2D eigenvalue weighted by molar-refractivity contribution is 0.0692. The number of benzene rings is 2. The first-order chi connectivity index (χ1) is 15.4. The van der Waals surface area contributed by atoms with Crippen LogP contribution in [0.25, 0.3) is 5.69 Å². The van der Waals surface area contributed by atoms with Gasteiger partial charge >= 0.3 is 0 Å². The normalized spacial score (nSPS) is 14.3. The van der Waals surface area contributed by atoms with Crippen LogP contribution in [0.2, 0.25) is 0 Å². The summed E-state index contributed by atoms with van der Waals surface area (Å²) in [4.78, 5) is 29.3. The zero-order valence-electron chi connectivity index (χ0n) is 18.7. The monoisotopic (exact) mass is 432 g/mol. The van der Waals surface area contributed by atoms with Crippen LogP contribution in [-0.2, 0) is 0 Å². The number of nitrogens with one attached hydrogen (secondary N) is 1. The average molecular weight is 433 g/mol. The third-order valence-corrected chi connectivity index (χ3v) is 5.75. The molecule has 8 nitrogen and oxygen atoms in total. The quantitative estimate of drug-likeness (QED) is 0.670. The maximum absolute atomic E-state index is 12.9. The molecule has 0 atom stereocenters. The van der Waals surface area contributed by atoms with Gasteiger partial charge in [0.15, 0.2) is 5.69 Å². The van der Waals surface area contributed by atoms with Crippen molar-refractivity contribution in [3.63, 3.8) is 0 Å². The van der Waals surface area contributed by atoms with E-state index in [4.69, 9.17) is 0 Å². The fourth-order valence-corrected chi connectivity index (χ4v) is 3.77. The van der Waals surface area contributed by atoms with Gasteiger partial charge in [-0.2, -0.15) is 0 Å². The predicted octanol–water partition coefficient (Wildman–Crippen LogP) is 2.68. The second kappa shape index (κ2) is 9.21. The van der Waals surface area contributed by atoms with Crippen LogP contribution in [0.3, 0.4) is 0 Å². The molecule has 0 spiro atoms. The van der Waals surface area contributed by atoms with Crippen LogP contribution in [0.15, 0.2) is 54.7 Å². The number of carbonyl (C=O) groups excluding carboxylic acids is 2. The summed E-state index contributed by atoms with van der Waals surface area (Å²) in [6.45, 7) is 3.16. The fourth-order valence-electron chi connectivity index (χ4n) is 3.77. The van der Waals surface area contributed by atoms with E-state index in [1.807, 2.05) is 74.4 Å². The van der Waals surface area contributed by atoms with Gasteiger partial charge in [0.2, 0.25) is 0 Å². The molecule has 0 unspecified atom stereocenters. The molecule has 2 amide bonds. The summed E-state index contributed by atoms with van der Waals surface area (Å²) >= 11 is 0. The van der Waals surface area contributed by atoms with Crippen molar-refractivity contribution in [2.45, 2.75) is 25.8 Å². The highest BCUT2D eigenvalue weighted by molar-refractivity contribution is 5.95. The van der Waals surface area contributed by atoms with Crippen LogP contribution < -0.4 is 10.2 Å². The summed E-state index contributed by atoms with van der Waals surface area (Å²) in [5.74, 6) is -0.216. The largest absolute Gasteiger partial charge is 0.378 e. The molecule has 0 radical (unpaired) electrons. The molecule has 32 heavy (non-hydrogen) atoms. The molecule has 0 saturated carbocycles. The number of hydrogen-bond acceptors (Lipinski definition) is 5. The molecular formula is C24H28N6O2. The van der Waals surface area contributed by atoms with Gasteiger partial charge in [-0.25, -0.2) is 4.68 Å². The molecule has 0 bridgehead atoms. The van der Waals surface area contributed by atoms with E-state index in [2.05, 4.69) is 15.6 Å². The molecule has 2 heterocycles. The lowest BCUT2D eigenvalue weighted by atomic mass is 10.0. The van der Waals surface area contributed by atoms with Crippen LogP contribution in [-0.4, -0.2) is 64.9 Å². The Hall–Kier alpha value is -3.68. The van der Waals surface area contributed by atoms with Gasteiger partial charge in [-0.1, -0.05) is 29.0 Å². The smallest absolute Gasteiger partial charge is 0.276 e. The van der Waals surface area contributed by atoms with E-state index >= 15 is 0 Å². The number of likely N-dealkylation sites (tertiary alicyclic amines) is 1. The van der Waals surface area contributed by atoms with E-state index in [1.165, 1.54) is 0 Å². The van der Waals surface area contributed by atoms with Crippen molar-refractivity contribution in [2.75, 3.05) is 32.1 Å². The molecule has 0 aliphatic carbocycles. The second-order valence-corrected chi connectivity index (χ2v) is 8.37. The first-order valence-electron chi connectivity index (χ1n) is 10.8. The van der Waals surface area contributed by atoms with Crippen LogP contribution in [0.1, 0.15) is 39.3 Å². The summed E-state index contributed by atoms with van der Waals surface area (Å²) in [7, 11) is 3.90. The Balaban J connectivity index is 1.33. The number of piperidine rings is 1. The first kappa shape index (κ1) is 21.5. The minimum Gasteiger partial charge on any atom is -0.378 e. The van der Waals surface area contributed by atoms with Crippen molar-refractivity contribution in [1.82, 2.24) is 25.2 Å². The lowest BCUT2D eigenvalue weighted by Gasteiger charge is -2.32. The molecule has 1 aliphatic rings. The Morgan fingerprint density at radius 3 is 2.47 bits per heavy atom. The maximum Gasteiger partial charge on any atom is 0.276 e. The second-order valence-electron chi connectivity index (χ2n) is 8.37. The van der Waals surface area contributed by atoms with Crippen LogP contribution >= 0.6 is 0 Å². The molecule has 3 aromatic rings. The van der Waals surface area contributed by atoms with Crippen molar-refractivity contribution in [2.24, 2.45) is 0 Å². The molecule has 8 heteroatoms. The highest BCUT2D eigenvalue weighted by Gasteiger charge is 2.26.